The molecule has 0 aromatic carbocycles. The van der Waals surface area contributed by atoms with Crippen molar-refractivity contribution in [2.45, 2.75) is 10.4 Å². The lowest BCUT2D eigenvalue weighted by molar-refractivity contribution is 0.617. The zero-order valence-electron chi connectivity index (χ0n) is 7.37. The van der Waals surface area contributed by atoms with E-state index < -0.39 is 0 Å². The smallest absolute Gasteiger partial charge is 0.147 e. The summed E-state index contributed by atoms with van der Waals surface area (Å²) in [5, 5.41) is 5.21. The summed E-state index contributed by atoms with van der Waals surface area (Å²) in [6.07, 6.45) is 4.70. The van der Waals surface area contributed by atoms with Gasteiger partial charge >= 0.3 is 0 Å². The maximum Gasteiger partial charge on any atom is 0.147 e. The topological polar surface area (TPSA) is 30.2 Å². The number of aromatic nitrogens is 3. The lowest BCUT2D eigenvalue weighted by Crippen LogP contribution is -1.94. The monoisotopic (exact) mass is 275 g/mol. The average molecular weight is 276 g/mol. The van der Waals surface area contributed by atoms with E-state index in [2.05, 4.69) is 26.0 Å². The van der Waals surface area contributed by atoms with Crippen LogP contribution in [-0.2, 0) is 5.33 Å². The van der Waals surface area contributed by atoms with Crippen LogP contribution in [0.4, 0.5) is 4.39 Å². The molecule has 0 aliphatic carbocycles. The van der Waals surface area contributed by atoms with Gasteiger partial charge in [-0.3, -0.25) is 0 Å². The van der Waals surface area contributed by atoms with E-state index in [-0.39, 0.29) is 5.82 Å². The largest absolute Gasteiger partial charge is 0.233 e. The Hall–Kier alpha value is -0.620. The standard InChI is InChI=1S/C8H7BrFN3S/c1-14-8-7-5(2-9)6(10)3-13(7)12-4-11-8/h3-4H,2H2,1H3. The third kappa shape index (κ3) is 1.42. The molecule has 0 unspecified atom stereocenters. The van der Waals surface area contributed by atoms with Gasteiger partial charge in [-0.05, 0) is 6.26 Å². The summed E-state index contributed by atoms with van der Waals surface area (Å²) in [4.78, 5) is 4.09. The van der Waals surface area contributed by atoms with Crippen LogP contribution in [0.5, 0.6) is 0 Å². The van der Waals surface area contributed by atoms with Gasteiger partial charge in [0.05, 0.1) is 6.20 Å². The van der Waals surface area contributed by atoms with E-state index in [9.17, 15) is 4.39 Å². The summed E-state index contributed by atoms with van der Waals surface area (Å²) < 4.78 is 14.9. The first-order valence-electron chi connectivity index (χ1n) is 3.88. The molecule has 0 aliphatic rings. The number of hydrogen-bond donors (Lipinski definition) is 0. The third-order valence-electron chi connectivity index (χ3n) is 1.92. The number of thioether (sulfide) groups is 1. The van der Waals surface area contributed by atoms with Crippen molar-refractivity contribution in [2.75, 3.05) is 6.26 Å². The summed E-state index contributed by atoms with van der Waals surface area (Å²) in [5.74, 6) is -0.252. The summed E-state index contributed by atoms with van der Waals surface area (Å²) in [6.45, 7) is 0. The van der Waals surface area contributed by atoms with Crippen molar-refractivity contribution in [3.63, 3.8) is 0 Å². The Bertz CT molecular complexity index is 471. The average Bonchev–Trinajstić information content (AvgIpc) is 2.52. The second-order valence-electron chi connectivity index (χ2n) is 2.65. The predicted molar refractivity (Wildman–Crippen MR) is 57.4 cm³/mol. The number of rotatable bonds is 2. The highest BCUT2D eigenvalue weighted by Gasteiger charge is 2.13. The van der Waals surface area contributed by atoms with Gasteiger partial charge in [0, 0.05) is 10.9 Å². The number of halogens is 2. The molecule has 2 rings (SSSR count). The molecule has 2 aromatic heterocycles. The zero-order valence-corrected chi connectivity index (χ0v) is 9.77. The van der Waals surface area contributed by atoms with Crippen LogP contribution in [0.25, 0.3) is 5.52 Å². The Kier molecular flexibility index (Phi) is 2.73. The van der Waals surface area contributed by atoms with Gasteiger partial charge in [0.2, 0.25) is 0 Å². The molecule has 0 radical (unpaired) electrons. The highest BCUT2D eigenvalue weighted by molar-refractivity contribution is 9.08. The van der Waals surface area contributed by atoms with Gasteiger partial charge in [-0.1, -0.05) is 15.9 Å². The lowest BCUT2D eigenvalue weighted by Gasteiger charge is -2.00. The molecule has 0 saturated carbocycles. The molecule has 0 N–H and O–H groups in total. The third-order valence-corrected chi connectivity index (χ3v) is 3.17. The molecule has 3 nitrogen and oxygen atoms in total. The minimum atomic E-state index is -0.252. The van der Waals surface area contributed by atoms with Crippen molar-refractivity contribution < 1.29 is 4.39 Å². The summed E-state index contributed by atoms with van der Waals surface area (Å²) in [5.41, 5.74) is 1.35. The Morgan fingerprint density at radius 1 is 1.64 bits per heavy atom. The first-order valence-corrected chi connectivity index (χ1v) is 6.23. The van der Waals surface area contributed by atoms with Crippen LogP contribution in [0.15, 0.2) is 17.6 Å². The molecule has 2 aromatic rings. The van der Waals surface area contributed by atoms with Crippen LogP contribution >= 0.6 is 27.7 Å². The van der Waals surface area contributed by atoms with Crippen molar-refractivity contribution in [1.82, 2.24) is 14.6 Å². The zero-order chi connectivity index (χ0) is 10.1. The van der Waals surface area contributed by atoms with Crippen molar-refractivity contribution in [3.05, 3.63) is 23.9 Å². The van der Waals surface area contributed by atoms with E-state index in [1.165, 1.54) is 28.8 Å². The van der Waals surface area contributed by atoms with Gasteiger partial charge in [0.25, 0.3) is 0 Å². The lowest BCUT2D eigenvalue weighted by atomic mass is 10.3. The molecule has 0 bridgehead atoms. The molecule has 0 saturated heterocycles. The highest BCUT2D eigenvalue weighted by atomic mass is 79.9. The van der Waals surface area contributed by atoms with Gasteiger partial charge in [0.1, 0.15) is 22.7 Å². The minimum Gasteiger partial charge on any atom is -0.233 e. The number of nitrogens with zero attached hydrogens (tertiary/aromatic N) is 3. The SMILES string of the molecule is CSc1ncnn2cc(F)c(CBr)c12. The molecule has 6 heteroatoms. The number of alkyl halides is 1. The molecule has 74 valence electrons. The Balaban J connectivity index is 2.82. The first-order chi connectivity index (χ1) is 6.77. The molecule has 0 aliphatic heterocycles. The molecule has 0 fully saturated rings. The van der Waals surface area contributed by atoms with E-state index in [0.717, 1.165) is 10.5 Å². The number of hydrogen-bond acceptors (Lipinski definition) is 3. The normalized spacial score (nSPS) is 11.1. The van der Waals surface area contributed by atoms with Crippen molar-refractivity contribution in [3.8, 4) is 0 Å². The van der Waals surface area contributed by atoms with E-state index in [0.29, 0.717) is 10.9 Å². The summed E-state index contributed by atoms with van der Waals surface area (Å²) >= 11 is 4.74. The van der Waals surface area contributed by atoms with Crippen LogP contribution < -0.4 is 0 Å². The van der Waals surface area contributed by atoms with Crippen molar-refractivity contribution >= 4 is 33.2 Å². The van der Waals surface area contributed by atoms with Crippen molar-refractivity contribution in [1.29, 1.82) is 0 Å². The fourth-order valence-electron chi connectivity index (χ4n) is 1.29. The molecule has 2 heterocycles. The molecule has 0 spiro atoms. The van der Waals surface area contributed by atoms with Crippen LogP contribution in [0.3, 0.4) is 0 Å². The first kappa shape index (κ1) is 9.92. The molecule has 0 amide bonds. The fraction of sp³-hybridized carbons (Fsp3) is 0.250. The maximum atomic E-state index is 13.4. The summed E-state index contributed by atoms with van der Waals surface area (Å²) in [6, 6.07) is 0. The van der Waals surface area contributed by atoms with Crippen molar-refractivity contribution in [2.24, 2.45) is 0 Å². The molecular formula is C8H7BrFN3S. The molecule has 0 atom stereocenters. The van der Waals surface area contributed by atoms with Gasteiger partial charge in [0.15, 0.2) is 0 Å². The Labute approximate surface area is 92.8 Å². The quantitative estimate of drug-likeness (QED) is 0.623. The van der Waals surface area contributed by atoms with Crippen LogP contribution in [-0.4, -0.2) is 20.9 Å². The molecule has 14 heavy (non-hydrogen) atoms. The van der Waals surface area contributed by atoms with Crippen LogP contribution in [0, 0.1) is 5.82 Å². The van der Waals surface area contributed by atoms with Crippen LogP contribution in [0.2, 0.25) is 0 Å². The van der Waals surface area contributed by atoms with E-state index in [1.54, 1.807) is 0 Å². The van der Waals surface area contributed by atoms with Gasteiger partial charge in [-0.2, -0.15) is 5.10 Å². The second kappa shape index (κ2) is 3.86. The fourth-order valence-corrected chi connectivity index (χ4v) is 2.39. The molecular weight excluding hydrogens is 269 g/mol. The predicted octanol–water partition coefficient (Wildman–Crippen LogP) is 2.49. The van der Waals surface area contributed by atoms with Gasteiger partial charge < -0.3 is 0 Å². The van der Waals surface area contributed by atoms with E-state index in [4.69, 9.17) is 0 Å². The van der Waals surface area contributed by atoms with Gasteiger partial charge in [-0.15, -0.1) is 11.8 Å². The minimum absolute atomic E-state index is 0.252. The van der Waals surface area contributed by atoms with Crippen LogP contribution in [0.1, 0.15) is 5.56 Å². The highest BCUT2D eigenvalue weighted by Crippen LogP contribution is 2.26. The maximum absolute atomic E-state index is 13.4. The van der Waals surface area contributed by atoms with Gasteiger partial charge in [-0.25, -0.2) is 13.9 Å². The second-order valence-corrected chi connectivity index (χ2v) is 4.01. The van der Waals surface area contributed by atoms with E-state index >= 15 is 0 Å². The number of fused-ring (bicyclic) bond motifs is 1. The Morgan fingerprint density at radius 3 is 3.07 bits per heavy atom. The Morgan fingerprint density at radius 2 is 2.43 bits per heavy atom. The summed E-state index contributed by atoms with van der Waals surface area (Å²) in [7, 11) is 0. The van der Waals surface area contributed by atoms with E-state index in [1.807, 2.05) is 6.26 Å².